The minimum atomic E-state index is -0.601. The van der Waals surface area contributed by atoms with Crippen molar-refractivity contribution in [2.45, 2.75) is 44.3 Å². The van der Waals surface area contributed by atoms with E-state index in [0.29, 0.717) is 53.7 Å². The number of morpholine rings is 1. The molecule has 3 atom stereocenters. The lowest BCUT2D eigenvalue weighted by molar-refractivity contribution is -0.110. The highest BCUT2D eigenvalue weighted by Crippen LogP contribution is 2.55. The zero-order chi connectivity index (χ0) is 25.3. The Morgan fingerprint density at radius 3 is 2.92 bits per heavy atom. The molecule has 2 aromatic rings. The van der Waals surface area contributed by atoms with Crippen LogP contribution in [0.25, 0.3) is 0 Å². The minimum Gasteiger partial charge on any atom is -0.421 e. The Labute approximate surface area is 214 Å². The van der Waals surface area contributed by atoms with Crippen molar-refractivity contribution in [1.82, 2.24) is 20.0 Å². The van der Waals surface area contributed by atoms with Crippen LogP contribution in [-0.4, -0.2) is 77.6 Å². The Bertz CT molecular complexity index is 1180. The van der Waals surface area contributed by atoms with Crippen LogP contribution in [0.4, 0.5) is 10.5 Å². The molecule has 192 valence electrons. The molecule has 11 nitrogen and oxygen atoms in total. The van der Waals surface area contributed by atoms with E-state index in [2.05, 4.69) is 37.3 Å². The van der Waals surface area contributed by atoms with Gasteiger partial charge in [-0.05, 0) is 37.0 Å². The van der Waals surface area contributed by atoms with Gasteiger partial charge in [-0.15, -0.1) is 10.2 Å². The summed E-state index contributed by atoms with van der Waals surface area (Å²) >= 11 is 6.31. The topological polar surface area (TPSA) is 134 Å². The average molecular weight is 515 g/mol. The third kappa shape index (κ3) is 4.70. The molecular weight excluding hydrogens is 484 g/mol. The SMILES string of the molecule is CN=CN=C(N)c1cc(NC(=O)N2[C@@H]3C[C@H](C)C[C@@]2(c2nnc(CN4CCOCC4)o2)C3)ccc1Cl. The first-order chi connectivity index (χ1) is 17.4. The zero-order valence-electron chi connectivity index (χ0n) is 20.5. The summed E-state index contributed by atoms with van der Waals surface area (Å²) < 4.78 is 11.6. The summed E-state index contributed by atoms with van der Waals surface area (Å²) in [4.78, 5) is 25.5. The molecule has 5 rings (SSSR count). The summed E-state index contributed by atoms with van der Waals surface area (Å²) in [7, 11) is 1.60. The second-order valence-corrected chi connectivity index (χ2v) is 10.1. The number of anilines is 1. The summed E-state index contributed by atoms with van der Waals surface area (Å²) in [6, 6.07) is 5.03. The molecule has 0 spiro atoms. The summed E-state index contributed by atoms with van der Waals surface area (Å²) in [5.74, 6) is 1.74. The lowest BCUT2D eigenvalue weighted by Crippen LogP contribution is -2.70. The molecule has 2 amide bonds. The molecule has 3 aliphatic rings. The third-order valence-electron chi connectivity index (χ3n) is 7.11. The first-order valence-electron chi connectivity index (χ1n) is 12.2. The fraction of sp³-hybridized carbons (Fsp3) is 0.542. The van der Waals surface area contributed by atoms with Crippen molar-refractivity contribution < 1.29 is 13.9 Å². The van der Waals surface area contributed by atoms with Gasteiger partial charge in [-0.25, -0.2) is 9.79 Å². The van der Waals surface area contributed by atoms with Crippen molar-refractivity contribution in [1.29, 1.82) is 0 Å². The lowest BCUT2D eigenvalue weighted by Gasteiger charge is -2.61. The molecule has 0 radical (unpaired) electrons. The maximum absolute atomic E-state index is 13.5. The standard InChI is InChI=1S/C24H31ClN8O3/c1-15-9-17-12-24(11-15,22-31-30-20(36-22)13-32-5-7-35-8-6-32)33(17)23(34)29-16-3-4-19(25)18(10-16)21(26)28-14-27-2/h3-4,10,14-15,17H,5-9,11-13H2,1-2H3,(H,29,34)(H2,26,27,28)/t15-,17+,24-/m0/s1. The van der Waals surface area contributed by atoms with E-state index >= 15 is 0 Å². The van der Waals surface area contributed by atoms with Gasteiger partial charge in [0.05, 0.1) is 24.8 Å². The number of fused-ring (bicyclic) bond motifs is 2. The molecular formula is C24H31ClN8O3. The number of amides is 2. The van der Waals surface area contributed by atoms with Gasteiger partial charge in [0.15, 0.2) is 0 Å². The number of benzene rings is 1. The van der Waals surface area contributed by atoms with Crippen LogP contribution in [-0.2, 0) is 16.8 Å². The van der Waals surface area contributed by atoms with Crippen molar-refractivity contribution in [2.24, 2.45) is 21.6 Å². The van der Waals surface area contributed by atoms with Crippen LogP contribution in [0.2, 0.25) is 5.02 Å². The van der Waals surface area contributed by atoms with Crippen LogP contribution in [0, 0.1) is 5.92 Å². The number of hydrogen-bond donors (Lipinski definition) is 2. The fourth-order valence-corrected chi connectivity index (χ4v) is 5.79. The molecule has 3 fully saturated rings. The monoisotopic (exact) mass is 514 g/mol. The lowest BCUT2D eigenvalue weighted by atomic mass is 9.64. The number of piperidine rings is 1. The zero-order valence-corrected chi connectivity index (χ0v) is 21.2. The smallest absolute Gasteiger partial charge is 0.323 e. The van der Waals surface area contributed by atoms with Crippen LogP contribution in [0.1, 0.15) is 43.5 Å². The number of nitrogens with one attached hydrogen (secondary N) is 1. The largest absolute Gasteiger partial charge is 0.421 e. The number of nitrogens with zero attached hydrogens (tertiary/aromatic N) is 6. The number of carbonyl (C=O) groups excluding carboxylic acids is 1. The summed E-state index contributed by atoms with van der Waals surface area (Å²) in [5, 5.41) is 12.2. The maximum atomic E-state index is 13.5. The van der Waals surface area contributed by atoms with Gasteiger partial charge in [-0.3, -0.25) is 9.89 Å². The number of urea groups is 1. The number of hydrogen-bond acceptors (Lipinski definition) is 7. The van der Waals surface area contributed by atoms with Gasteiger partial charge in [0.25, 0.3) is 0 Å². The highest BCUT2D eigenvalue weighted by atomic mass is 35.5. The molecule has 1 aromatic heterocycles. The Morgan fingerprint density at radius 2 is 2.14 bits per heavy atom. The van der Waals surface area contributed by atoms with Gasteiger partial charge in [0.2, 0.25) is 11.8 Å². The van der Waals surface area contributed by atoms with E-state index < -0.39 is 5.54 Å². The summed E-state index contributed by atoms with van der Waals surface area (Å²) in [6.07, 6.45) is 3.87. The molecule has 0 unspecified atom stereocenters. The van der Waals surface area contributed by atoms with E-state index in [-0.39, 0.29) is 17.9 Å². The van der Waals surface area contributed by atoms with Crippen molar-refractivity contribution in [3.05, 3.63) is 40.6 Å². The molecule has 4 heterocycles. The molecule has 36 heavy (non-hydrogen) atoms. The van der Waals surface area contributed by atoms with Crippen LogP contribution >= 0.6 is 11.6 Å². The predicted octanol–water partition coefficient (Wildman–Crippen LogP) is 2.85. The van der Waals surface area contributed by atoms with Gasteiger partial charge in [-0.2, -0.15) is 0 Å². The highest BCUT2D eigenvalue weighted by molar-refractivity contribution is 6.34. The van der Waals surface area contributed by atoms with Crippen molar-refractivity contribution in [2.75, 3.05) is 38.7 Å². The third-order valence-corrected chi connectivity index (χ3v) is 7.44. The van der Waals surface area contributed by atoms with E-state index in [9.17, 15) is 4.79 Å². The minimum absolute atomic E-state index is 0.113. The molecule has 0 saturated carbocycles. The van der Waals surface area contributed by atoms with E-state index in [0.717, 1.165) is 32.4 Å². The van der Waals surface area contributed by atoms with Crippen LogP contribution in [0.15, 0.2) is 32.6 Å². The number of nitrogens with two attached hydrogens (primary N) is 1. The second-order valence-electron chi connectivity index (χ2n) is 9.71. The normalized spacial score (nSPS) is 26.8. The number of carbonyl (C=O) groups is 1. The van der Waals surface area contributed by atoms with Crippen LogP contribution in [0.5, 0.6) is 0 Å². The number of aromatic nitrogens is 2. The number of amidine groups is 1. The molecule has 2 bridgehead atoms. The molecule has 3 saturated heterocycles. The second kappa shape index (κ2) is 10.2. The van der Waals surface area contributed by atoms with E-state index in [4.69, 9.17) is 26.5 Å². The van der Waals surface area contributed by atoms with Crippen molar-refractivity contribution in [3.63, 3.8) is 0 Å². The number of aliphatic imine (C=N–C) groups is 2. The predicted molar refractivity (Wildman–Crippen MR) is 136 cm³/mol. The van der Waals surface area contributed by atoms with Gasteiger partial charge >= 0.3 is 6.03 Å². The summed E-state index contributed by atoms with van der Waals surface area (Å²) in [6.45, 7) is 5.85. The van der Waals surface area contributed by atoms with Crippen molar-refractivity contribution >= 4 is 35.5 Å². The van der Waals surface area contributed by atoms with Crippen LogP contribution in [0.3, 0.4) is 0 Å². The average Bonchev–Trinajstić information content (AvgIpc) is 3.32. The number of halogens is 1. The molecule has 0 aliphatic carbocycles. The van der Waals surface area contributed by atoms with Gasteiger partial charge in [0, 0.05) is 43.9 Å². The maximum Gasteiger partial charge on any atom is 0.323 e. The molecule has 12 heteroatoms. The van der Waals surface area contributed by atoms with E-state index in [1.165, 1.54) is 6.34 Å². The summed E-state index contributed by atoms with van der Waals surface area (Å²) in [5.41, 5.74) is 6.53. The Morgan fingerprint density at radius 1 is 1.33 bits per heavy atom. The van der Waals surface area contributed by atoms with E-state index in [1.807, 2.05) is 4.90 Å². The van der Waals surface area contributed by atoms with Gasteiger partial charge in [0.1, 0.15) is 17.7 Å². The van der Waals surface area contributed by atoms with Gasteiger partial charge < -0.3 is 25.1 Å². The Kier molecular flexibility index (Phi) is 6.96. The number of rotatable bonds is 6. The van der Waals surface area contributed by atoms with Gasteiger partial charge in [-0.1, -0.05) is 18.5 Å². The van der Waals surface area contributed by atoms with E-state index in [1.54, 1.807) is 25.2 Å². The Balaban J connectivity index is 1.35. The number of ether oxygens (including phenoxy) is 1. The fourth-order valence-electron chi connectivity index (χ4n) is 5.58. The van der Waals surface area contributed by atoms with Crippen LogP contribution < -0.4 is 11.1 Å². The first kappa shape index (κ1) is 24.7. The van der Waals surface area contributed by atoms with Crippen molar-refractivity contribution in [3.8, 4) is 0 Å². The highest BCUT2D eigenvalue weighted by Gasteiger charge is 2.62. The molecule has 3 N–H and O–H groups in total. The molecule has 1 aromatic carbocycles. The Hall–Kier alpha value is -3.02. The molecule has 3 aliphatic heterocycles. The first-order valence-corrected chi connectivity index (χ1v) is 12.5. The quantitative estimate of drug-likeness (QED) is 0.447.